The Labute approximate surface area is 123 Å². The summed E-state index contributed by atoms with van der Waals surface area (Å²) in [4.78, 5) is 11.3. The molecular weight excluding hydrogens is 268 g/mol. The van der Waals surface area contributed by atoms with Crippen molar-refractivity contribution >= 4 is 5.97 Å². The molecule has 4 heteroatoms. The van der Waals surface area contributed by atoms with Crippen LogP contribution in [0.2, 0.25) is 0 Å². The molecule has 21 heavy (non-hydrogen) atoms. The smallest absolute Gasteiger partial charge is 0.337 e. The van der Waals surface area contributed by atoms with Crippen LogP contribution in [0.5, 0.6) is 5.75 Å². The van der Waals surface area contributed by atoms with Gasteiger partial charge < -0.3 is 14.6 Å². The molecule has 0 aliphatic heterocycles. The van der Waals surface area contributed by atoms with E-state index in [0.717, 1.165) is 5.56 Å². The van der Waals surface area contributed by atoms with Crippen molar-refractivity contribution in [1.29, 1.82) is 0 Å². The molecule has 0 bridgehead atoms. The zero-order valence-electron chi connectivity index (χ0n) is 12.1. The molecule has 0 radical (unpaired) electrons. The van der Waals surface area contributed by atoms with Gasteiger partial charge in [0.2, 0.25) is 0 Å². The minimum atomic E-state index is -0.752. The number of aryl methyl sites for hydroxylation is 1. The van der Waals surface area contributed by atoms with Crippen molar-refractivity contribution < 1.29 is 19.4 Å². The Morgan fingerprint density at radius 2 is 1.71 bits per heavy atom. The van der Waals surface area contributed by atoms with Crippen LogP contribution < -0.4 is 4.74 Å². The third-order valence-corrected chi connectivity index (χ3v) is 3.15. The van der Waals surface area contributed by atoms with Gasteiger partial charge in [0.05, 0.1) is 12.7 Å². The highest BCUT2D eigenvalue weighted by Gasteiger charge is 2.10. The number of carbonyl (C=O) groups is 1. The lowest BCUT2D eigenvalue weighted by Gasteiger charge is -2.13. The summed E-state index contributed by atoms with van der Waals surface area (Å²) in [6.07, 6.45) is -0.752. The second-order valence-electron chi connectivity index (χ2n) is 4.75. The highest BCUT2D eigenvalue weighted by atomic mass is 16.5. The van der Waals surface area contributed by atoms with Crippen LogP contribution in [0.3, 0.4) is 0 Å². The topological polar surface area (TPSA) is 55.8 Å². The second-order valence-corrected chi connectivity index (χ2v) is 4.75. The molecule has 0 heterocycles. The summed E-state index contributed by atoms with van der Waals surface area (Å²) in [6, 6.07) is 14.3. The molecule has 110 valence electrons. The number of hydrogen-bond acceptors (Lipinski definition) is 4. The highest BCUT2D eigenvalue weighted by molar-refractivity contribution is 5.89. The largest absolute Gasteiger partial charge is 0.491 e. The van der Waals surface area contributed by atoms with Crippen LogP contribution in [0.1, 0.15) is 27.6 Å². The van der Waals surface area contributed by atoms with Gasteiger partial charge in [-0.1, -0.05) is 29.8 Å². The number of carbonyl (C=O) groups excluding carboxylic acids is 1. The zero-order chi connectivity index (χ0) is 15.2. The Hall–Kier alpha value is -2.33. The first-order valence-electron chi connectivity index (χ1n) is 6.66. The first kappa shape index (κ1) is 15.1. The molecule has 2 aromatic rings. The van der Waals surface area contributed by atoms with Crippen LogP contribution in [0.4, 0.5) is 0 Å². The number of benzene rings is 2. The van der Waals surface area contributed by atoms with Gasteiger partial charge in [0.15, 0.2) is 0 Å². The van der Waals surface area contributed by atoms with Crippen molar-refractivity contribution in [1.82, 2.24) is 0 Å². The maximum absolute atomic E-state index is 11.3. The molecule has 0 fully saturated rings. The van der Waals surface area contributed by atoms with E-state index >= 15 is 0 Å². The number of aliphatic hydroxyl groups excluding tert-OH is 1. The summed E-state index contributed by atoms with van der Waals surface area (Å²) in [5, 5.41) is 10.1. The third kappa shape index (κ3) is 4.07. The van der Waals surface area contributed by atoms with Gasteiger partial charge in [-0.2, -0.15) is 0 Å². The van der Waals surface area contributed by atoms with E-state index in [9.17, 15) is 9.90 Å². The number of hydrogen-bond donors (Lipinski definition) is 1. The average Bonchev–Trinajstić information content (AvgIpc) is 2.53. The molecule has 2 rings (SSSR count). The van der Waals surface area contributed by atoms with Crippen molar-refractivity contribution in [3.8, 4) is 5.75 Å². The SMILES string of the molecule is COC(=O)c1ccc([C@H](O)COc2ccc(C)cc2)cc1. The van der Waals surface area contributed by atoms with Gasteiger partial charge in [-0.05, 0) is 36.8 Å². The first-order valence-corrected chi connectivity index (χ1v) is 6.66. The van der Waals surface area contributed by atoms with E-state index in [1.807, 2.05) is 31.2 Å². The number of esters is 1. The molecule has 0 amide bonds. The Morgan fingerprint density at radius 3 is 2.29 bits per heavy atom. The summed E-state index contributed by atoms with van der Waals surface area (Å²) in [5.74, 6) is 0.317. The summed E-state index contributed by atoms with van der Waals surface area (Å²) in [5.41, 5.74) is 2.30. The third-order valence-electron chi connectivity index (χ3n) is 3.15. The van der Waals surface area contributed by atoms with Gasteiger partial charge in [-0.3, -0.25) is 0 Å². The Balaban J connectivity index is 1.95. The zero-order valence-corrected chi connectivity index (χ0v) is 12.1. The van der Waals surface area contributed by atoms with Crippen LogP contribution in [0.25, 0.3) is 0 Å². The molecule has 1 atom stereocenters. The van der Waals surface area contributed by atoms with E-state index in [4.69, 9.17) is 4.74 Å². The number of methoxy groups -OCH3 is 1. The molecule has 0 aliphatic carbocycles. The van der Waals surface area contributed by atoms with Crippen molar-refractivity contribution in [2.75, 3.05) is 13.7 Å². The molecule has 0 saturated carbocycles. The van der Waals surface area contributed by atoms with Gasteiger partial charge in [0.25, 0.3) is 0 Å². The predicted octanol–water partition coefficient (Wildman–Crippen LogP) is 2.89. The molecule has 1 N–H and O–H groups in total. The van der Waals surface area contributed by atoms with E-state index in [1.54, 1.807) is 24.3 Å². The molecule has 0 aliphatic rings. The van der Waals surface area contributed by atoms with Crippen LogP contribution in [-0.2, 0) is 4.74 Å². The summed E-state index contributed by atoms with van der Waals surface area (Å²) >= 11 is 0. The fourth-order valence-corrected chi connectivity index (χ4v) is 1.87. The van der Waals surface area contributed by atoms with E-state index in [-0.39, 0.29) is 6.61 Å². The van der Waals surface area contributed by atoms with Gasteiger partial charge in [0.1, 0.15) is 18.5 Å². The van der Waals surface area contributed by atoms with Gasteiger partial charge >= 0.3 is 5.97 Å². The maximum Gasteiger partial charge on any atom is 0.337 e. The lowest BCUT2D eigenvalue weighted by atomic mass is 10.1. The predicted molar refractivity (Wildman–Crippen MR) is 79.4 cm³/mol. The van der Waals surface area contributed by atoms with E-state index in [1.165, 1.54) is 7.11 Å². The van der Waals surface area contributed by atoms with Gasteiger partial charge in [-0.25, -0.2) is 4.79 Å². The molecule has 0 unspecified atom stereocenters. The monoisotopic (exact) mass is 286 g/mol. The lowest BCUT2D eigenvalue weighted by molar-refractivity contribution is 0.0600. The fraction of sp³-hybridized carbons (Fsp3) is 0.235. The Kier molecular flexibility index (Phi) is 4.95. The van der Waals surface area contributed by atoms with Gasteiger partial charge in [-0.15, -0.1) is 0 Å². The first-order chi connectivity index (χ1) is 10.1. The summed E-state index contributed by atoms with van der Waals surface area (Å²) < 4.78 is 10.2. The minimum Gasteiger partial charge on any atom is -0.491 e. The highest BCUT2D eigenvalue weighted by Crippen LogP contribution is 2.17. The minimum absolute atomic E-state index is 0.153. The van der Waals surface area contributed by atoms with E-state index < -0.39 is 12.1 Å². The number of ether oxygens (including phenoxy) is 2. The molecule has 4 nitrogen and oxygen atoms in total. The average molecular weight is 286 g/mol. The second kappa shape index (κ2) is 6.90. The van der Waals surface area contributed by atoms with Crippen molar-refractivity contribution in [2.24, 2.45) is 0 Å². The maximum atomic E-state index is 11.3. The molecule has 0 aromatic heterocycles. The van der Waals surface area contributed by atoms with Crippen LogP contribution in [0, 0.1) is 6.92 Å². The van der Waals surface area contributed by atoms with E-state index in [2.05, 4.69) is 4.74 Å². The summed E-state index contributed by atoms with van der Waals surface area (Å²) in [6.45, 7) is 2.15. The Morgan fingerprint density at radius 1 is 1.10 bits per heavy atom. The normalized spacial score (nSPS) is 11.8. The van der Waals surface area contributed by atoms with Crippen molar-refractivity contribution in [3.63, 3.8) is 0 Å². The fourth-order valence-electron chi connectivity index (χ4n) is 1.87. The van der Waals surface area contributed by atoms with Crippen LogP contribution >= 0.6 is 0 Å². The molecular formula is C17H18O4. The standard InChI is InChI=1S/C17H18O4/c1-12-3-9-15(10-4-12)21-11-16(18)13-5-7-14(8-6-13)17(19)20-2/h3-10,16,18H,11H2,1-2H3/t16-/m1/s1. The summed E-state index contributed by atoms with van der Waals surface area (Å²) in [7, 11) is 1.33. The van der Waals surface area contributed by atoms with Crippen molar-refractivity contribution in [2.45, 2.75) is 13.0 Å². The molecule has 0 saturated heterocycles. The van der Waals surface area contributed by atoms with Crippen molar-refractivity contribution in [3.05, 3.63) is 65.2 Å². The lowest BCUT2D eigenvalue weighted by Crippen LogP contribution is -2.10. The quantitative estimate of drug-likeness (QED) is 0.859. The molecule has 2 aromatic carbocycles. The van der Waals surface area contributed by atoms with Crippen LogP contribution in [0.15, 0.2) is 48.5 Å². The van der Waals surface area contributed by atoms with Gasteiger partial charge in [0, 0.05) is 0 Å². The Bertz CT molecular complexity index is 587. The molecule has 0 spiro atoms. The van der Waals surface area contributed by atoms with E-state index in [0.29, 0.717) is 16.9 Å². The number of rotatable bonds is 5. The number of aliphatic hydroxyl groups is 1. The van der Waals surface area contributed by atoms with Crippen LogP contribution in [-0.4, -0.2) is 24.8 Å².